The normalized spacial score (nSPS) is 22.9. The van der Waals surface area contributed by atoms with Gasteiger partial charge in [-0.05, 0) is 13.3 Å². The number of urea groups is 1. The van der Waals surface area contributed by atoms with Gasteiger partial charge >= 0.3 is 6.03 Å². The standard InChI is InChI=1S/C19H24F2N4O4/c1-11(10-19(2)17(27)22-18(28)23-19)16(26)25-6-4-24(5-7-25)12-8-13(20)15(21)14(9-12)29-3/h8-9,11H,4-7,10H2,1-3H3,(H2,22,23,27,28). The number of rotatable bonds is 5. The van der Waals surface area contributed by atoms with Gasteiger partial charge in [0, 0.05) is 49.9 Å². The Morgan fingerprint density at radius 3 is 2.45 bits per heavy atom. The zero-order valence-corrected chi connectivity index (χ0v) is 16.6. The maximum Gasteiger partial charge on any atom is 0.322 e. The predicted octanol–water partition coefficient (Wildman–Crippen LogP) is 1.25. The molecule has 8 nitrogen and oxygen atoms in total. The third-order valence-corrected chi connectivity index (χ3v) is 5.41. The van der Waals surface area contributed by atoms with Crippen LogP contribution in [0.5, 0.6) is 5.75 Å². The van der Waals surface area contributed by atoms with Crippen molar-refractivity contribution in [3.63, 3.8) is 0 Å². The molecular weight excluding hydrogens is 386 g/mol. The summed E-state index contributed by atoms with van der Waals surface area (Å²) in [7, 11) is 1.27. The minimum Gasteiger partial charge on any atom is -0.493 e. The topological polar surface area (TPSA) is 91.0 Å². The zero-order valence-electron chi connectivity index (χ0n) is 16.6. The van der Waals surface area contributed by atoms with Gasteiger partial charge in [0.25, 0.3) is 5.91 Å². The third-order valence-electron chi connectivity index (χ3n) is 5.41. The van der Waals surface area contributed by atoms with Crippen LogP contribution in [0.25, 0.3) is 0 Å². The smallest absolute Gasteiger partial charge is 0.322 e. The van der Waals surface area contributed by atoms with Crippen molar-refractivity contribution in [2.45, 2.75) is 25.8 Å². The fourth-order valence-corrected chi connectivity index (χ4v) is 3.80. The maximum absolute atomic E-state index is 13.8. The zero-order chi connectivity index (χ0) is 21.3. The fraction of sp³-hybridized carbons (Fsp3) is 0.526. The molecule has 2 heterocycles. The third kappa shape index (κ3) is 4.10. The van der Waals surface area contributed by atoms with Crippen molar-refractivity contribution in [1.82, 2.24) is 15.5 Å². The van der Waals surface area contributed by atoms with Crippen LogP contribution in [-0.2, 0) is 9.59 Å². The predicted molar refractivity (Wildman–Crippen MR) is 101 cm³/mol. The van der Waals surface area contributed by atoms with E-state index in [-0.39, 0.29) is 18.1 Å². The number of nitrogens with one attached hydrogen (secondary N) is 2. The van der Waals surface area contributed by atoms with Crippen LogP contribution in [-0.4, -0.2) is 61.6 Å². The molecule has 0 bridgehead atoms. The summed E-state index contributed by atoms with van der Waals surface area (Å²) >= 11 is 0. The molecule has 2 unspecified atom stereocenters. The number of amides is 4. The summed E-state index contributed by atoms with van der Waals surface area (Å²) in [6.45, 7) is 5.01. The Kier molecular flexibility index (Phi) is 5.63. The van der Waals surface area contributed by atoms with Crippen LogP contribution in [0.3, 0.4) is 0 Å². The van der Waals surface area contributed by atoms with Gasteiger partial charge in [-0.15, -0.1) is 0 Å². The summed E-state index contributed by atoms with van der Waals surface area (Å²) in [6, 6.07) is 1.98. The Morgan fingerprint density at radius 2 is 1.90 bits per heavy atom. The van der Waals surface area contributed by atoms with Gasteiger partial charge in [-0.3, -0.25) is 14.9 Å². The first kappa shape index (κ1) is 20.8. The lowest BCUT2D eigenvalue weighted by molar-refractivity contribution is -0.136. The average molecular weight is 410 g/mol. The van der Waals surface area contributed by atoms with Crippen LogP contribution in [0.1, 0.15) is 20.3 Å². The van der Waals surface area contributed by atoms with Gasteiger partial charge in [-0.1, -0.05) is 6.92 Å². The summed E-state index contributed by atoms with van der Waals surface area (Å²) in [6.07, 6.45) is 0.185. The van der Waals surface area contributed by atoms with E-state index in [1.165, 1.54) is 13.2 Å². The SMILES string of the molecule is COc1cc(N2CCN(C(=O)C(C)CC3(C)NC(=O)NC3=O)CC2)cc(F)c1F. The second kappa shape index (κ2) is 7.84. The maximum atomic E-state index is 13.8. The first-order chi connectivity index (χ1) is 13.6. The summed E-state index contributed by atoms with van der Waals surface area (Å²) in [4.78, 5) is 39.7. The molecule has 0 aliphatic carbocycles. The van der Waals surface area contributed by atoms with Gasteiger partial charge in [0.2, 0.25) is 11.7 Å². The molecule has 0 saturated carbocycles. The molecule has 2 aliphatic heterocycles. The molecule has 0 spiro atoms. The summed E-state index contributed by atoms with van der Waals surface area (Å²) in [5.74, 6) is -3.23. The van der Waals surface area contributed by atoms with Crippen molar-refractivity contribution in [1.29, 1.82) is 0 Å². The number of carbonyl (C=O) groups excluding carboxylic acids is 3. The monoisotopic (exact) mass is 410 g/mol. The number of benzene rings is 1. The van der Waals surface area contributed by atoms with E-state index in [1.54, 1.807) is 18.7 Å². The number of anilines is 1. The van der Waals surface area contributed by atoms with E-state index in [0.29, 0.717) is 31.9 Å². The van der Waals surface area contributed by atoms with E-state index >= 15 is 0 Å². The second-order valence-electron chi connectivity index (χ2n) is 7.60. The molecule has 29 heavy (non-hydrogen) atoms. The number of hydrogen-bond acceptors (Lipinski definition) is 5. The van der Waals surface area contributed by atoms with E-state index in [0.717, 1.165) is 6.07 Å². The molecular formula is C19H24F2N4O4. The fourth-order valence-electron chi connectivity index (χ4n) is 3.80. The molecule has 2 atom stereocenters. The van der Waals surface area contributed by atoms with Gasteiger partial charge in [-0.2, -0.15) is 4.39 Å². The molecule has 10 heteroatoms. The number of ether oxygens (including phenoxy) is 1. The molecule has 2 N–H and O–H groups in total. The number of imide groups is 1. The Hall–Kier alpha value is -2.91. The van der Waals surface area contributed by atoms with Gasteiger partial charge in [0.1, 0.15) is 5.54 Å². The average Bonchev–Trinajstić information content (AvgIpc) is 2.94. The molecule has 1 aromatic rings. The molecule has 2 saturated heterocycles. The second-order valence-corrected chi connectivity index (χ2v) is 7.60. The van der Waals surface area contributed by atoms with Gasteiger partial charge in [-0.25, -0.2) is 9.18 Å². The highest BCUT2D eigenvalue weighted by Gasteiger charge is 2.44. The molecule has 1 aromatic carbocycles. The van der Waals surface area contributed by atoms with Crippen LogP contribution in [0.2, 0.25) is 0 Å². The number of nitrogens with zero attached hydrogens (tertiary/aromatic N) is 2. The largest absolute Gasteiger partial charge is 0.493 e. The summed E-state index contributed by atoms with van der Waals surface area (Å²) in [5.41, 5.74) is -0.630. The highest BCUT2D eigenvalue weighted by molar-refractivity contribution is 6.07. The lowest BCUT2D eigenvalue weighted by Gasteiger charge is -2.38. The Balaban J connectivity index is 1.60. The van der Waals surface area contributed by atoms with Gasteiger partial charge in [0.15, 0.2) is 11.6 Å². The molecule has 4 amide bonds. The molecule has 0 aromatic heterocycles. The van der Waals surface area contributed by atoms with Crippen molar-refractivity contribution in [2.24, 2.45) is 5.92 Å². The molecule has 0 radical (unpaired) electrons. The quantitative estimate of drug-likeness (QED) is 0.713. The van der Waals surface area contributed by atoms with E-state index < -0.39 is 35.0 Å². The van der Waals surface area contributed by atoms with E-state index in [1.807, 2.05) is 4.90 Å². The molecule has 3 rings (SSSR count). The highest BCUT2D eigenvalue weighted by atomic mass is 19.2. The minimum absolute atomic E-state index is 0.123. The van der Waals surface area contributed by atoms with Crippen molar-refractivity contribution < 1.29 is 27.9 Å². The lowest BCUT2D eigenvalue weighted by atomic mass is 9.89. The van der Waals surface area contributed by atoms with Gasteiger partial charge in [0.05, 0.1) is 7.11 Å². The van der Waals surface area contributed by atoms with Crippen molar-refractivity contribution in [2.75, 3.05) is 38.2 Å². The number of hydrogen-bond donors (Lipinski definition) is 2. The van der Waals surface area contributed by atoms with Crippen LogP contribution in [0, 0.1) is 17.6 Å². The Bertz CT molecular complexity index is 842. The number of methoxy groups -OCH3 is 1. The van der Waals surface area contributed by atoms with E-state index in [2.05, 4.69) is 10.6 Å². The van der Waals surface area contributed by atoms with Crippen molar-refractivity contribution in [3.8, 4) is 5.75 Å². The van der Waals surface area contributed by atoms with Crippen LogP contribution in [0.15, 0.2) is 12.1 Å². The van der Waals surface area contributed by atoms with Crippen molar-refractivity contribution >= 4 is 23.5 Å². The van der Waals surface area contributed by atoms with Gasteiger partial charge < -0.3 is 19.9 Å². The minimum atomic E-state index is -1.11. The molecule has 2 fully saturated rings. The Labute approximate surface area is 167 Å². The number of carbonyl (C=O) groups is 3. The van der Waals surface area contributed by atoms with Crippen LogP contribution < -0.4 is 20.3 Å². The van der Waals surface area contributed by atoms with Crippen molar-refractivity contribution in [3.05, 3.63) is 23.8 Å². The van der Waals surface area contributed by atoms with E-state index in [4.69, 9.17) is 4.74 Å². The molecule has 158 valence electrons. The van der Waals surface area contributed by atoms with Crippen LogP contribution >= 0.6 is 0 Å². The number of halogens is 2. The number of piperazine rings is 1. The van der Waals surface area contributed by atoms with E-state index in [9.17, 15) is 23.2 Å². The molecule has 2 aliphatic rings. The van der Waals surface area contributed by atoms with Crippen LogP contribution in [0.4, 0.5) is 19.3 Å². The lowest BCUT2D eigenvalue weighted by Crippen LogP contribution is -2.52. The first-order valence-corrected chi connectivity index (χ1v) is 9.35. The summed E-state index contributed by atoms with van der Waals surface area (Å²) in [5, 5.41) is 4.75. The highest BCUT2D eigenvalue weighted by Crippen LogP contribution is 2.28. The Morgan fingerprint density at radius 1 is 1.24 bits per heavy atom. The summed E-state index contributed by atoms with van der Waals surface area (Å²) < 4.78 is 32.3. The first-order valence-electron chi connectivity index (χ1n) is 9.35.